The van der Waals surface area contributed by atoms with E-state index in [9.17, 15) is 0 Å². The van der Waals surface area contributed by atoms with Crippen LogP contribution in [-0.2, 0) is 4.74 Å². The van der Waals surface area contributed by atoms with Crippen molar-refractivity contribution in [2.24, 2.45) is 0 Å². The zero-order chi connectivity index (χ0) is 14.7. The maximum absolute atomic E-state index is 6.13. The van der Waals surface area contributed by atoms with Crippen LogP contribution in [0, 0.1) is 0 Å². The number of nitrogens with one attached hydrogen (secondary N) is 1. The lowest BCUT2D eigenvalue weighted by Crippen LogP contribution is -2.29. The second kappa shape index (κ2) is 6.67. The first kappa shape index (κ1) is 14.7. The highest BCUT2D eigenvalue weighted by atomic mass is 16.5. The van der Waals surface area contributed by atoms with Crippen LogP contribution in [0.5, 0.6) is 11.5 Å². The van der Waals surface area contributed by atoms with E-state index in [4.69, 9.17) is 14.2 Å². The highest BCUT2D eigenvalue weighted by Gasteiger charge is 2.26. The van der Waals surface area contributed by atoms with E-state index in [0.717, 1.165) is 37.3 Å². The van der Waals surface area contributed by atoms with E-state index in [-0.39, 0.29) is 6.10 Å². The number of methoxy groups -OCH3 is 1. The van der Waals surface area contributed by atoms with E-state index < -0.39 is 0 Å². The summed E-state index contributed by atoms with van der Waals surface area (Å²) in [6.45, 7) is 3.78. The van der Waals surface area contributed by atoms with Gasteiger partial charge in [0.1, 0.15) is 24.2 Å². The zero-order valence-electron chi connectivity index (χ0n) is 12.9. The summed E-state index contributed by atoms with van der Waals surface area (Å²) in [5, 5.41) is 3.43. The van der Waals surface area contributed by atoms with E-state index in [0.29, 0.717) is 18.8 Å². The van der Waals surface area contributed by atoms with E-state index in [1.807, 2.05) is 6.07 Å². The van der Waals surface area contributed by atoms with Crippen LogP contribution in [0.4, 0.5) is 0 Å². The lowest BCUT2D eigenvalue weighted by Gasteiger charge is -2.28. The Morgan fingerprint density at radius 1 is 1.29 bits per heavy atom. The first-order valence-electron chi connectivity index (χ1n) is 7.99. The summed E-state index contributed by atoms with van der Waals surface area (Å²) in [6.07, 6.45) is 5.01. The summed E-state index contributed by atoms with van der Waals surface area (Å²) in [5.41, 5.74) is 1.24. The molecule has 21 heavy (non-hydrogen) atoms. The number of rotatable bonds is 5. The number of benzene rings is 1. The lowest BCUT2D eigenvalue weighted by atomic mass is 9.95. The molecule has 116 valence electrons. The molecule has 1 aromatic carbocycles. The number of hydrogen-bond donors (Lipinski definition) is 1. The summed E-state index contributed by atoms with van der Waals surface area (Å²) in [4.78, 5) is 0. The number of hydrogen-bond acceptors (Lipinski definition) is 4. The highest BCUT2D eigenvalue weighted by molar-refractivity contribution is 5.45. The average molecular weight is 291 g/mol. The summed E-state index contributed by atoms with van der Waals surface area (Å²) >= 11 is 0. The minimum Gasteiger partial charge on any atom is -0.491 e. The zero-order valence-corrected chi connectivity index (χ0v) is 12.9. The minimum absolute atomic E-state index is 0.257. The highest BCUT2D eigenvalue weighted by Crippen LogP contribution is 2.36. The third-order valence-corrected chi connectivity index (χ3v) is 4.43. The summed E-state index contributed by atoms with van der Waals surface area (Å²) in [7, 11) is 1.79. The Hall–Kier alpha value is -1.26. The van der Waals surface area contributed by atoms with Gasteiger partial charge in [-0.25, -0.2) is 0 Å². The molecule has 3 atom stereocenters. The van der Waals surface area contributed by atoms with Crippen molar-refractivity contribution < 1.29 is 14.2 Å². The molecule has 4 heteroatoms. The molecule has 0 bridgehead atoms. The fraction of sp³-hybridized carbons (Fsp3) is 0.647. The van der Waals surface area contributed by atoms with E-state index >= 15 is 0 Å². The number of likely N-dealkylation sites (N-methyl/N-ethyl adjacent to an activating group) is 1. The Balaban J connectivity index is 1.65. The number of ether oxygens (including phenoxy) is 3. The first-order valence-corrected chi connectivity index (χ1v) is 7.99. The smallest absolute Gasteiger partial charge is 0.128 e. The van der Waals surface area contributed by atoms with Crippen molar-refractivity contribution in [2.45, 2.75) is 50.9 Å². The lowest BCUT2D eigenvalue weighted by molar-refractivity contribution is 0.0209. The Morgan fingerprint density at radius 2 is 2.14 bits per heavy atom. The SMILES string of the molecule is CCNC1COc2cc(OC3CCCC(OC)C3)ccc21. The molecule has 0 saturated heterocycles. The van der Waals surface area contributed by atoms with Gasteiger partial charge in [0.05, 0.1) is 12.1 Å². The van der Waals surface area contributed by atoms with Gasteiger partial charge in [-0.3, -0.25) is 0 Å². The topological polar surface area (TPSA) is 39.7 Å². The number of fused-ring (bicyclic) bond motifs is 1. The molecule has 0 amide bonds. The van der Waals surface area contributed by atoms with Gasteiger partial charge in [0.25, 0.3) is 0 Å². The van der Waals surface area contributed by atoms with Crippen LogP contribution in [0.25, 0.3) is 0 Å². The first-order chi connectivity index (χ1) is 10.3. The molecule has 1 aliphatic carbocycles. The largest absolute Gasteiger partial charge is 0.491 e. The van der Waals surface area contributed by atoms with Crippen LogP contribution in [-0.4, -0.2) is 32.5 Å². The molecule has 0 aromatic heterocycles. The quantitative estimate of drug-likeness (QED) is 0.905. The molecular formula is C17H25NO3. The molecule has 0 radical (unpaired) electrons. The van der Waals surface area contributed by atoms with E-state index in [2.05, 4.69) is 24.4 Å². The van der Waals surface area contributed by atoms with Gasteiger partial charge in [-0.05, 0) is 37.9 Å². The normalized spacial score (nSPS) is 28.0. The van der Waals surface area contributed by atoms with Gasteiger partial charge in [0.15, 0.2) is 0 Å². The van der Waals surface area contributed by atoms with Crippen LogP contribution in [0.3, 0.4) is 0 Å². The van der Waals surface area contributed by atoms with Crippen LogP contribution in [0.15, 0.2) is 18.2 Å². The minimum atomic E-state index is 0.257. The van der Waals surface area contributed by atoms with Gasteiger partial charge in [-0.1, -0.05) is 6.92 Å². The van der Waals surface area contributed by atoms with Gasteiger partial charge < -0.3 is 19.5 Å². The summed E-state index contributed by atoms with van der Waals surface area (Å²) < 4.78 is 17.4. The Kier molecular flexibility index (Phi) is 4.66. The van der Waals surface area contributed by atoms with E-state index in [1.165, 1.54) is 12.0 Å². The molecule has 3 unspecified atom stereocenters. The second-order valence-corrected chi connectivity index (χ2v) is 5.89. The molecule has 1 heterocycles. The van der Waals surface area contributed by atoms with E-state index in [1.54, 1.807) is 7.11 Å². The van der Waals surface area contributed by atoms with Crippen molar-refractivity contribution in [2.75, 3.05) is 20.3 Å². The van der Waals surface area contributed by atoms with Crippen molar-refractivity contribution >= 4 is 0 Å². The van der Waals surface area contributed by atoms with Crippen molar-refractivity contribution in [3.63, 3.8) is 0 Å². The maximum Gasteiger partial charge on any atom is 0.128 e. The molecular weight excluding hydrogens is 266 g/mol. The third-order valence-electron chi connectivity index (χ3n) is 4.43. The maximum atomic E-state index is 6.13. The molecule has 3 rings (SSSR count). The Labute approximate surface area is 126 Å². The predicted molar refractivity (Wildman–Crippen MR) is 82.0 cm³/mol. The van der Waals surface area contributed by atoms with Gasteiger partial charge in [0.2, 0.25) is 0 Å². The fourth-order valence-electron chi connectivity index (χ4n) is 3.29. The summed E-state index contributed by atoms with van der Waals surface area (Å²) in [5.74, 6) is 1.87. The average Bonchev–Trinajstić information content (AvgIpc) is 2.90. The van der Waals surface area contributed by atoms with Crippen molar-refractivity contribution in [3.05, 3.63) is 23.8 Å². The molecule has 4 nitrogen and oxygen atoms in total. The second-order valence-electron chi connectivity index (χ2n) is 5.89. The van der Waals surface area contributed by atoms with Crippen molar-refractivity contribution in [1.29, 1.82) is 0 Å². The Morgan fingerprint density at radius 3 is 2.95 bits per heavy atom. The molecule has 1 N–H and O–H groups in total. The third kappa shape index (κ3) is 3.33. The van der Waals surface area contributed by atoms with Gasteiger partial charge in [-0.2, -0.15) is 0 Å². The standard InChI is InChI=1S/C17H25NO3/c1-3-18-16-11-20-17-10-14(7-8-15(16)17)21-13-6-4-5-12(9-13)19-2/h7-8,10,12-13,16,18H,3-6,9,11H2,1-2H3. The molecule has 1 fully saturated rings. The van der Waals surface area contributed by atoms with Crippen LogP contribution in [0.2, 0.25) is 0 Å². The van der Waals surface area contributed by atoms with Gasteiger partial charge >= 0.3 is 0 Å². The molecule has 1 saturated carbocycles. The van der Waals surface area contributed by atoms with Crippen molar-refractivity contribution in [3.8, 4) is 11.5 Å². The Bertz CT molecular complexity index is 477. The molecule has 1 aliphatic heterocycles. The van der Waals surface area contributed by atoms with Gasteiger partial charge in [-0.15, -0.1) is 0 Å². The molecule has 2 aliphatic rings. The van der Waals surface area contributed by atoms with Crippen LogP contribution < -0.4 is 14.8 Å². The summed E-state index contributed by atoms with van der Waals surface area (Å²) in [6, 6.07) is 6.53. The van der Waals surface area contributed by atoms with Crippen LogP contribution in [0.1, 0.15) is 44.2 Å². The monoisotopic (exact) mass is 291 g/mol. The fourth-order valence-corrected chi connectivity index (χ4v) is 3.29. The molecule has 0 spiro atoms. The van der Waals surface area contributed by atoms with Crippen LogP contribution >= 0.6 is 0 Å². The molecule has 1 aromatic rings. The van der Waals surface area contributed by atoms with Crippen molar-refractivity contribution in [1.82, 2.24) is 5.32 Å². The predicted octanol–water partition coefficient (Wildman–Crippen LogP) is 3.07. The van der Waals surface area contributed by atoms with Gasteiger partial charge in [0, 0.05) is 25.2 Å².